The zero-order chi connectivity index (χ0) is 27.1. The van der Waals surface area contributed by atoms with E-state index in [1.807, 2.05) is 6.08 Å². The summed E-state index contributed by atoms with van der Waals surface area (Å²) in [5, 5.41) is 3.75. The molecular weight excluding hydrogens is 504 g/mol. The maximum Gasteiger partial charge on any atom is 0.0531 e. The lowest BCUT2D eigenvalue weighted by Crippen LogP contribution is -1.99. The first kappa shape index (κ1) is 24.2. The van der Waals surface area contributed by atoms with Gasteiger partial charge >= 0.3 is 0 Å². The molecule has 40 heavy (non-hydrogen) atoms. The van der Waals surface area contributed by atoms with Gasteiger partial charge in [-0.3, -0.25) is 0 Å². The van der Waals surface area contributed by atoms with Crippen LogP contribution in [0.25, 0.3) is 53.5 Å². The summed E-state index contributed by atoms with van der Waals surface area (Å²) in [7, 11) is 0. The molecule has 7 rings (SSSR count). The van der Waals surface area contributed by atoms with E-state index in [0.29, 0.717) is 0 Å². The smallest absolute Gasteiger partial charge is 0.0531 e. The zero-order valence-corrected chi connectivity index (χ0v) is 22.9. The van der Waals surface area contributed by atoms with E-state index >= 15 is 0 Å². The van der Waals surface area contributed by atoms with Crippen LogP contribution >= 0.6 is 11.3 Å². The second-order valence-corrected chi connectivity index (χ2v) is 11.1. The summed E-state index contributed by atoms with van der Waals surface area (Å²) < 4.78 is 4.77. The Morgan fingerprint density at radius 2 is 1.48 bits per heavy atom. The summed E-state index contributed by atoms with van der Waals surface area (Å²) in [5.74, 6) is 0. The fourth-order valence-corrected chi connectivity index (χ4v) is 6.93. The molecule has 2 heterocycles. The number of thiophene rings is 1. The fraction of sp³-hybridized carbons (Fsp3) is 0.0270. The standard InChI is InChI=1S/C37H28N2S/c1-2-11-26(25-12-5-3-6-13-25)22-31-28(18-19-35-29(31)20-21-39(35)27-14-7-4-8-15-27)32-23-33-30-16-9-10-17-36(30)40-37(33)24-34(32)38/h2-21,23-24H,1,22,38H2/b26-11+. The highest BCUT2D eigenvalue weighted by molar-refractivity contribution is 7.25. The predicted octanol–water partition coefficient (Wildman–Crippen LogP) is 10.1. The molecular formula is C37H28N2S. The van der Waals surface area contributed by atoms with Gasteiger partial charge in [-0.2, -0.15) is 0 Å². The van der Waals surface area contributed by atoms with Crippen LogP contribution in [0.3, 0.4) is 0 Å². The number of rotatable bonds is 6. The molecule has 192 valence electrons. The van der Waals surface area contributed by atoms with Gasteiger partial charge in [0, 0.05) is 48.7 Å². The van der Waals surface area contributed by atoms with Gasteiger partial charge in [-0.05, 0) is 71.1 Å². The maximum atomic E-state index is 6.82. The van der Waals surface area contributed by atoms with Crippen molar-refractivity contribution >= 4 is 53.7 Å². The topological polar surface area (TPSA) is 30.9 Å². The van der Waals surface area contributed by atoms with Gasteiger partial charge in [0.1, 0.15) is 0 Å². The number of nitrogen functional groups attached to an aromatic ring is 1. The number of aromatic nitrogens is 1. The summed E-state index contributed by atoms with van der Waals surface area (Å²) in [6.07, 6.45) is 6.94. The Bertz CT molecular complexity index is 2040. The van der Waals surface area contributed by atoms with Crippen molar-refractivity contribution in [3.05, 3.63) is 151 Å². The third kappa shape index (κ3) is 4.12. The highest BCUT2D eigenvalue weighted by atomic mass is 32.1. The highest BCUT2D eigenvalue weighted by Gasteiger charge is 2.18. The molecule has 0 bridgehead atoms. The Balaban J connectivity index is 1.49. The van der Waals surface area contributed by atoms with E-state index in [2.05, 4.69) is 139 Å². The van der Waals surface area contributed by atoms with Crippen molar-refractivity contribution < 1.29 is 0 Å². The van der Waals surface area contributed by atoms with Gasteiger partial charge < -0.3 is 10.3 Å². The van der Waals surface area contributed by atoms with Gasteiger partial charge in [0.15, 0.2) is 0 Å². The third-order valence-corrected chi connectivity index (χ3v) is 8.82. The second-order valence-electron chi connectivity index (χ2n) is 10.1. The van der Waals surface area contributed by atoms with E-state index in [1.165, 1.54) is 53.3 Å². The molecule has 2 N–H and O–H groups in total. The normalized spacial score (nSPS) is 11.9. The van der Waals surface area contributed by atoms with E-state index in [4.69, 9.17) is 5.73 Å². The lowest BCUT2D eigenvalue weighted by atomic mass is 9.88. The molecule has 3 heteroatoms. The second kappa shape index (κ2) is 10.0. The molecule has 2 aromatic heterocycles. The van der Waals surface area contributed by atoms with Crippen LogP contribution in [0.1, 0.15) is 11.1 Å². The number of nitrogens with zero attached hydrogens (tertiary/aromatic N) is 1. The molecule has 0 aliphatic rings. The van der Waals surface area contributed by atoms with Crippen molar-refractivity contribution in [2.45, 2.75) is 6.42 Å². The number of anilines is 1. The van der Waals surface area contributed by atoms with Crippen LogP contribution in [-0.2, 0) is 6.42 Å². The first-order chi connectivity index (χ1) is 19.7. The van der Waals surface area contributed by atoms with Crippen LogP contribution < -0.4 is 5.73 Å². The van der Waals surface area contributed by atoms with Crippen LogP contribution in [0.15, 0.2) is 140 Å². The molecule has 0 fully saturated rings. The minimum absolute atomic E-state index is 0.753. The number of allylic oxidation sites excluding steroid dienone is 3. The van der Waals surface area contributed by atoms with Gasteiger partial charge in [-0.1, -0.05) is 91.5 Å². The van der Waals surface area contributed by atoms with Gasteiger partial charge in [-0.25, -0.2) is 0 Å². The lowest BCUT2D eigenvalue weighted by Gasteiger charge is -2.17. The van der Waals surface area contributed by atoms with Crippen molar-refractivity contribution in [3.63, 3.8) is 0 Å². The number of hydrogen-bond donors (Lipinski definition) is 1. The first-order valence-corrected chi connectivity index (χ1v) is 14.3. The number of fused-ring (bicyclic) bond motifs is 4. The van der Waals surface area contributed by atoms with E-state index in [0.717, 1.165) is 23.4 Å². The van der Waals surface area contributed by atoms with Crippen LogP contribution in [0, 0.1) is 0 Å². The largest absolute Gasteiger partial charge is 0.398 e. The van der Waals surface area contributed by atoms with Crippen molar-refractivity contribution in [1.82, 2.24) is 4.57 Å². The van der Waals surface area contributed by atoms with E-state index in [1.54, 1.807) is 11.3 Å². The van der Waals surface area contributed by atoms with Crippen LogP contribution in [0.4, 0.5) is 5.69 Å². The number of hydrogen-bond acceptors (Lipinski definition) is 2. The van der Waals surface area contributed by atoms with Gasteiger partial charge in [0.25, 0.3) is 0 Å². The Labute approximate surface area is 237 Å². The predicted molar refractivity (Wildman–Crippen MR) is 174 cm³/mol. The van der Waals surface area contributed by atoms with E-state index in [-0.39, 0.29) is 0 Å². The lowest BCUT2D eigenvalue weighted by molar-refractivity contribution is 1.13. The van der Waals surface area contributed by atoms with Crippen LogP contribution in [0.5, 0.6) is 0 Å². The van der Waals surface area contributed by atoms with Crippen molar-refractivity contribution in [2.24, 2.45) is 0 Å². The van der Waals surface area contributed by atoms with E-state index < -0.39 is 0 Å². The van der Waals surface area contributed by atoms with E-state index in [9.17, 15) is 0 Å². The molecule has 2 nitrogen and oxygen atoms in total. The summed E-state index contributed by atoms with van der Waals surface area (Å²) in [6, 6.07) is 40.9. The average molecular weight is 533 g/mol. The summed E-state index contributed by atoms with van der Waals surface area (Å²) in [5.41, 5.74) is 15.9. The quantitative estimate of drug-likeness (QED) is 0.168. The molecule has 5 aromatic carbocycles. The molecule has 0 amide bonds. The molecule has 0 saturated heterocycles. The Hall–Kier alpha value is -4.86. The fourth-order valence-electron chi connectivity index (χ4n) is 5.80. The Morgan fingerprint density at radius 3 is 2.27 bits per heavy atom. The molecule has 0 spiro atoms. The number of para-hydroxylation sites is 1. The highest BCUT2D eigenvalue weighted by Crippen LogP contribution is 2.42. The minimum atomic E-state index is 0.753. The van der Waals surface area contributed by atoms with Gasteiger partial charge in [-0.15, -0.1) is 11.3 Å². The minimum Gasteiger partial charge on any atom is -0.398 e. The van der Waals surface area contributed by atoms with Crippen LogP contribution in [-0.4, -0.2) is 4.57 Å². The molecule has 0 aliphatic carbocycles. The molecule has 0 radical (unpaired) electrons. The number of benzene rings is 5. The zero-order valence-electron chi connectivity index (χ0n) is 22.0. The third-order valence-electron chi connectivity index (χ3n) is 7.69. The van der Waals surface area contributed by atoms with Crippen LogP contribution in [0.2, 0.25) is 0 Å². The van der Waals surface area contributed by atoms with Crippen molar-refractivity contribution in [3.8, 4) is 16.8 Å². The monoisotopic (exact) mass is 532 g/mol. The molecule has 0 unspecified atom stereocenters. The SMILES string of the molecule is C=C/C=C(\Cc1c(-c2cc3c(cc2N)sc2ccccc23)ccc2c1ccn2-c1ccccc1)c1ccccc1. The summed E-state index contributed by atoms with van der Waals surface area (Å²) in [4.78, 5) is 0. The first-order valence-electron chi connectivity index (χ1n) is 13.5. The maximum absolute atomic E-state index is 6.82. The molecule has 0 aliphatic heterocycles. The average Bonchev–Trinajstić information content (AvgIpc) is 3.59. The van der Waals surface area contributed by atoms with Gasteiger partial charge in [0.05, 0.1) is 5.52 Å². The number of nitrogens with two attached hydrogens (primary N) is 1. The van der Waals surface area contributed by atoms with Crippen molar-refractivity contribution in [2.75, 3.05) is 5.73 Å². The summed E-state index contributed by atoms with van der Waals surface area (Å²) >= 11 is 1.80. The van der Waals surface area contributed by atoms with Gasteiger partial charge in [0.2, 0.25) is 0 Å². The Morgan fingerprint density at radius 1 is 0.725 bits per heavy atom. The molecule has 0 saturated carbocycles. The van der Waals surface area contributed by atoms with Crippen molar-refractivity contribution in [1.29, 1.82) is 0 Å². The summed E-state index contributed by atoms with van der Waals surface area (Å²) in [6.45, 7) is 4.03. The Kier molecular flexibility index (Phi) is 6.07. The molecule has 7 aromatic rings. The molecule has 0 atom stereocenters.